The van der Waals surface area contributed by atoms with E-state index in [0.717, 1.165) is 12.8 Å². The van der Waals surface area contributed by atoms with Gasteiger partial charge < -0.3 is 15.7 Å². The maximum atomic E-state index is 11.8. The van der Waals surface area contributed by atoms with E-state index in [2.05, 4.69) is 16.6 Å². The Labute approximate surface area is 114 Å². The fourth-order valence-electron chi connectivity index (χ4n) is 2.31. The monoisotopic (exact) mass is 266 g/mol. The minimum Gasteiger partial charge on any atom is -0.481 e. The molecule has 0 bridgehead atoms. The molecule has 0 radical (unpaired) electrons. The lowest BCUT2D eigenvalue weighted by molar-refractivity contribution is -0.143. The van der Waals surface area contributed by atoms with Crippen molar-refractivity contribution in [3.63, 3.8) is 0 Å². The summed E-state index contributed by atoms with van der Waals surface area (Å²) in [6.07, 6.45) is 8.17. The van der Waals surface area contributed by atoms with Crippen LogP contribution in [0.3, 0.4) is 0 Å². The summed E-state index contributed by atoms with van der Waals surface area (Å²) in [4.78, 5) is 22.7. The maximum Gasteiger partial charge on any atom is 0.315 e. The first-order chi connectivity index (χ1) is 8.93. The number of carbonyl (C=O) groups excluding carboxylic acids is 1. The van der Waals surface area contributed by atoms with E-state index < -0.39 is 5.97 Å². The van der Waals surface area contributed by atoms with Crippen LogP contribution in [0, 0.1) is 24.2 Å². The quantitative estimate of drug-likeness (QED) is 0.676. The third-order valence-electron chi connectivity index (χ3n) is 3.49. The van der Waals surface area contributed by atoms with Gasteiger partial charge in [0, 0.05) is 6.04 Å². The van der Waals surface area contributed by atoms with Crippen LogP contribution in [0.15, 0.2) is 0 Å². The number of terminal acetylenes is 1. The molecule has 3 unspecified atom stereocenters. The molecule has 1 aliphatic rings. The number of urea groups is 1. The second-order valence-electron chi connectivity index (χ2n) is 5.40. The number of nitrogens with one attached hydrogen (secondary N) is 2. The molecule has 0 aromatic carbocycles. The second-order valence-corrected chi connectivity index (χ2v) is 5.40. The summed E-state index contributed by atoms with van der Waals surface area (Å²) in [6, 6.07) is -0.702. The minimum absolute atomic E-state index is 0.0829. The molecule has 2 amide bonds. The Balaban J connectivity index is 2.44. The Bertz CT molecular complexity index is 373. The number of carboxylic acids is 1. The summed E-state index contributed by atoms with van der Waals surface area (Å²) >= 11 is 0. The highest BCUT2D eigenvalue weighted by molar-refractivity contribution is 5.75. The average molecular weight is 266 g/mol. The van der Waals surface area contributed by atoms with Crippen LogP contribution in [0.2, 0.25) is 0 Å². The van der Waals surface area contributed by atoms with Gasteiger partial charge in [0.2, 0.25) is 0 Å². The van der Waals surface area contributed by atoms with Crippen LogP contribution in [-0.4, -0.2) is 29.2 Å². The minimum atomic E-state index is -0.782. The number of hydrogen-bond donors (Lipinski definition) is 3. The number of amides is 2. The molecular weight excluding hydrogens is 244 g/mol. The summed E-state index contributed by atoms with van der Waals surface area (Å²) in [7, 11) is 0. The smallest absolute Gasteiger partial charge is 0.315 e. The molecule has 3 N–H and O–H groups in total. The first-order valence-corrected chi connectivity index (χ1v) is 6.70. The molecule has 106 valence electrons. The van der Waals surface area contributed by atoms with Gasteiger partial charge in [0.25, 0.3) is 0 Å². The number of aliphatic carboxylic acids is 1. The van der Waals surface area contributed by atoms with E-state index in [4.69, 9.17) is 11.5 Å². The zero-order valence-corrected chi connectivity index (χ0v) is 11.5. The highest BCUT2D eigenvalue weighted by Gasteiger charge is 2.28. The van der Waals surface area contributed by atoms with Crippen LogP contribution in [-0.2, 0) is 4.79 Å². The molecule has 3 atom stereocenters. The van der Waals surface area contributed by atoms with Crippen molar-refractivity contribution in [3.8, 4) is 12.3 Å². The fraction of sp³-hybridized carbons (Fsp3) is 0.714. The fourth-order valence-corrected chi connectivity index (χ4v) is 2.31. The van der Waals surface area contributed by atoms with Crippen molar-refractivity contribution in [1.82, 2.24) is 10.6 Å². The first-order valence-electron chi connectivity index (χ1n) is 6.70. The van der Waals surface area contributed by atoms with Crippen molar-refractivity contribution in [2.24, 2.45) is 11.8 Å². The molecule has 0 heterocycles. The Hall–Kier alpha value is -1.70. The predicted octanol–water partition coefficient (Wildman–Crippen LogP) is 1.59. The summed E-state index contributed by atoms with van der Waals surface area (Å²) < 4.78 is 0. The van der Waals surface area contributed by atoms with E-state index in [9.17, 15) is 9.59 Å². The van der Waals surface area contributed by atoms with Gasteiger partial charge in [-0.1, -0.05) is 26.2 Å². The Kier molecular flexibility index (Phi) is 5.68. The highest BCUT2D eigenvalue weighted by atomic mass is 16.4. The van der Waals surface area contributed by atoms with Crippen molar-refractivity contribution >= 4 is 12.0 Å². The van der Waals surface area contributed by atoms with Gasteiger partial charge in [0.15, 0.2) is 0 Å². The third kappa shape index (κ3) is 4.82. The SMILES string of the molecule is C#CC(NC(=O)NC1CCCC(C(=O)O)C1)C(C)C. The maximum absolute atomic E-state index is 11.8. The van der Waals surface area contributed by atoms with Gasteiger partial charge in [-0.05, 0) is 25.2 Å². The Morgan fingerprint density at radius 1 is 1.37 bits per heavy atom. The van der Waals surface area contributed by atoms with Gasteiger partial charge in [-0.2, -0.15) is 0 Å². The number of carbonyl (C=O) groups is 2. The Morgan fingerprint density at radius 2 is 2.05 bits per heavy atom. The normalized spacial score (nSPS) is 24.3. The molecule has 1 saturated carbocycles. The number of rotatable bonds is 4. The molecular formula is C14H22N2O3. The van der Waals surface area contributed by atoms with Gasteiger partial charge in [0.05, 0.1) is 12.0 Å². The third-order valence-corrected chi connectivity index (χ3v) is 3.49. The van der Waals surface area contributed by atoms with Crippen LogP contribution in [0.25, 0.3) is 0 Å². The van der Waals surface area contributed by atoms with E-state index in [1.165, 1.54) is 0 Å². The van der Waals surface area contributed by atoms with E-state index in [0.29, 0.717) is 12.8 Å². The van der Waals surface area contributed by atoms with Crippen molar-refractivity contribution in [3.05, 3.63) is 0 Å². The van der Waals surface area contributed by atoms with E-state index in [1.807, 2.05) is 13.8 Å². The van der Waals surface area contributed by atoms with Crippen LogP contribution >= 0.6 is 0 Å². The van der Waals surface area contributed by atoms with Crippen molar-refractivity contribution in [2.45, 2.75) is 51.6 Å². The lowest BCUT2D eigenvalue weighted by Crippen LogP contribution is -2.49. The molecule has 1 rings (SSSR count). The zero-order valence-electron chi connectivity index (χ0n) is 11.5. The predicted molar refractivity (Wildman–Crippen MR) is 72.5 cm³/mol. The zero-order chi connectivity index (χ0) is 14.4. The number of carboxylic acid groups (broad SMARTS) is 1. The lowest BCUT2D eigenvalue weighted by atomic mass is 9.86. The van der Waals surface area contributed by atoms with Gasteiger partial charge in [0.1, 0.15) is 0 Å². The van der Waals surface area contributed by atoms with Crippen LogP contribution in [0.1, 0.15) is 39.5 Å². The first kappa shape index (κ1) is 15.4. The van der Waals surface area contributed by atoms with Gasteiger partial charge in [-0.25, -0.2) is 4.79 Å². The molecule has 0 aliphatic heterocycles. The summed E-state index contributed by atoms with van der Waals surface area (Å²) in [6.45, 7) is 3.87. The molecule has 0 saturated heterocycles. The van der Waals surface area contributed by atoms with Gasteiger partial charge >= 0.3 is 12.0 Å². The van der Waals surface area contributed by atoms with Crippen LogP contribution < -0.4 is 10.6 Å². The molecule has 0 spiro atoms. The highest BCUT2D eigenvalue weighted by Crippen LogP contribution is 2.24. The van der Waals surface area contributed by atoms with Crippen LogP contribution in [0.4, 0.5) is 4.79 Å². The van der Waals surface area contributed by atoms with E-state index in [1.54, 1.807) is 0 Å². The average Bonchev–Trinajstić information content (AvgIpc) is 2.35. The van der Waals surface area contributed by atoms with Crippen molar-refractivity contribution in [2.75, 3.05) is 0 Å². The van der Waals surface area contributed by atoms with Crippen molar-refractivity contribution < 1.29 is 14.7 Å². The molecule has 19 heavy (non-hydrogen) atoms. The molecule has 1 fully saturated rings. The lowest BCUT2D eigenvalue weighted by Gasteiger charge is -2.28. The topological polar surface area (TPSA) is 78.4 Å². The van der Waals surface area contributed by atoms with Crippen molar-refractivity contribution in [1.29, 1.82) is 0 Å². The standard InChI is InChI=1S/C14H22N2O3/c1-4-12(9(2)3)16-14(19)15-11-7-5-6-10(8-11)13(17)18/h1,9-12H,5-8H2,2-3H3,(H,17,18)(H2,15,16,19). The van der Waals surface area contributed by atoms with E-state index >= 15 is 0 Å². The molecule has 1 aliphatic carbocycles. The summed E-state index contributed by atoms with van der Waals surface area (Å²) in [5, 5.41) is 14.5. The van der Waals surface area contributed by atoms with Gasteiger partial charge in [-0.3, -0.25) is 4.79 Å². The molecule has 0 aromatic rings. The summed E-state index contributed by atoms with van der Waals surface area (Å²) in [5.74, 6) is 1.56. The molecule has 5 nitrogen and oxygen atoms in total. The summed E-state index contributed by atoms with van der Waals surface area (Å²) in [5.41, 5.74) is 0. The van der Waals surface area contributed by atoms with Gasteiger partial charge in [-0.15, -0.1) is 6.42 Å². The second kappa shape index (κ2) is 7.03. The number of hydrogen-bond acceptors (Lipinski definition) is 2. The van der Waals surface area contributed by atoms with Crippen LogP contribution in [0.5, 0.6) is 0 Å². The van der Waals surface area contributed by atoms with E-state index in [-0.39, 0.29) is 30.0 Å². The Morgan fingerprint density at radius 3 is 2.58 bits per heavy atom. The largest absolute Gasteiger partial charge is 0.481 e. The molecule has 5 heteroatoms. The molecule has 0 aromatic heterocycles.